The van der Waals surface area contributed by atoms with Crippen molar-refractivity contribution in [1.82, 2.24) is 15.3 Å². The van der Waals surface area contributed by atoms with Crippen LogP contribution in [0.2, 0.25) is 0 Å². The van der Waals surface area contributed by atoms with E-state index < -0.39 is 0 Å². The highest BCUT2D eigenvalue weighted by Gasteiger charge is 2.20. The molecule has 0 radical (unpaired) electrons. The zero-order valence-corrected chi connectivity index (χ0v) is 13.6. The first-order chi connectivity index (χ1) is 10.6. The van der Waals surface area contributed by atoms with Gasteiger partial charge in [-0.3, -0.25) is 4.79 Å². The van der Waals surface area contributed by atoms with Crippen LogP contribution in [-0.4, -0.2) is 47.3 Å². The highest BCUT2D eigenvalue weighted by molar-refractivity contribution is 7.09. The molecule has 8 heteroatoms. The molecule has 2 rings (SSSR count). The number of hydrazone groups is 1. The summed E-state index contributed by atoms with van der Waals surface area (Å²) in [6.07, 6.45) is 1.24. The van der Waals surface area contributed by atoms with Gasteiger partial charge in [-0.2, -0.15) is 5.10 Å². The first-order valence-electron chi connectivity index (χ1n) is 7.25. The third-order valence-electron chi connectivity index (χ3n) is 3.21. The first kappa shape index (κ1) is 16.4. The number of aryl methyl sites for hydroxylation is 1. The Morgan fingerprint density at radius 2 is 2.18 bits per heavy atom. The van der Waals surface area contributed by atoms with Gasteiger partial charge in [-0.1, -0.05) is 0 Å². The van der Waals surface area contributed by atoms with Crippen molar-refractivity contribution in [1.29, 1.82) is 0 Å². The molecule has 1 aromatic rings. The zero-order valence-electron chi connectivity index (χ0n) is 12.8. The minimum absolute atomic E-state index is 0.175. The van der Waals surface area contributed by atoms with E-state index in [0.29, 0.717) is 32.5 Å². The van der Waals surface area contributed by atoms with E-state index >= 15 is 0 Å². The second-order valence-electron chi connectivity index (χ2n) is 4.93. The van der Waals surface area contributed by atoms with E-state index in [9.17, 15) is 9.59 Å². The number of piperidine rings is 1. The lowest BCUT2D eigenvalue weighted by atomic mass is 10.1. The minimum Gasteiger partial charge on any atom is -0.450 e. The maximum atomic E-state index is 11.8. The number of ether oxygens (including phenoxy) is 1. The van der Waals surface area contributed by atoms with Gasteiger partial charge >= 0.3 is 6.09 Å². The molecule has 0 atom stereocenters. The maximum absolute atomic E-state index is 11.8. The fourth-order valence-electron chi connectivity index (χ4n) is 2.11. The Bertz CT molecular complexity index is 560. The van der Waals surface area contributed by atoms with Crippen LogP contribution >= 0.6 is 11.3 Å². The van der Waals surface area contributed by atoms with Crippen molar-refractivity contribution >= 4 is 29.0 Å². The van der Waals surface area contributed by atoms with Gasteiger partial charge in [-0.25, -0.2) is 15.2 Å². The van der Waals surface area contributed by atoms with Gasteiger partial charge in [0.2, 0.25) is 5.91 Å². The normalized spacial score (nSPS) is 14.6. The summed E-state index contributed by atoms with van der Waals surface area (Å²) in [5.41, 5.74) is 4.21. The topological polar surface area (TPSA) is 83.9 Å². The van der Waals surface area contributed by atoms with Crippen LogP contribution < -0.4 is 5.43 Å². The predicted molar refractivity (Wildman–Crippen MR) is 84.0 cm³/mol. The number of thiazole rings is 1. The van der Waals surface area contributed by atoms with Crippen LogP contribution in [0.4, 0.5) is 4.79 Å². The van der Waals surface area contributed by atoms with Crippen LogP contribution in [0.1, 0.15) is 30.5 Å². The molecule has 0 aromatic carbocycles. The van der Waals surface area contributed by atoms with Crippen LogP contribution in [-0.2, 0) is 16.0 Å². The van der Waals surface area contributed by atoms with Gasteiger partial charge in [0.05, 0.1) is 23.7 Å². The van der Waals surface area contributed by atoms with Crippen LogP contribution in [0.25, 0.3) is 0 Å². The Morgan fingerprint density at radius 3 is 2.77 bits per heavy atom. The number of hydrogen-bond donors (Lipinski definition) is 1. The van der Waals surface area contributed by atoms with Gasteiger partial charge < -0.3 is 9.64 Å². The fourth-order valence-corrected chi connectivity index (χ4v) is 2.72. The van der Waals surface area contributed by atoms with E-state index in [2.05, 4.69) is 15.5 Å². The van der Waals surface area contributed by atoms with E-state index in [1.54, 1.807) is 11.8 Å². The number of hydrogen-bond acceptors (Lipinski definition) is 6. The number of nitrogens with one attached hydrogen (secondary N) is 1. The number of carbonyl (C=O) groups excluding carboxylic acids is 2. The van der Waals surface area contributed by atoms with Crippen LogP contribution in [0, 0.1) is 6.92 Å². The monoisotopic (exact) mass is 324 g/mol. The SMILES string of the molecule is CCOC(=O)N1CCC(=NNC(=O)Cc2csc(C)n2)CC1. The van der Waals surface area contributed by atoms with Crippen molar-refractivity contribution in [2.24, 2.45) is 5.10 Å². The number of aromatic nitrogens is 1. The third-order valence-corrected chi connectivity index (χ3v) is 4.04. The van der Waals surface area contributed by atoms with Crippen LogP contribution in [0.15, 0.2) is 10.5 Å². The number of likely N-dealkylation sites (tertiary alicyclic amines) is 1. The Balaban J connectivity index is 1.75. The Kier molecular flexibility index (Phi) is 5.88. The summed E-state index contributed by atoms with van der Waals surface area (Å²) in [5, 5.41) is 6.96. The first-order valence-corrected chi connectivity index (χ1v) is 8.13. The molecule has 7 nitrogen and oxygen atoms in total. The lowest BCUT2D eigenvalue weighted by molar-refractivity contribution is -0.120. The Morgan fingerprint density at radius 1 is 1.45 bits per heavy atom. The molecule has 1 aromatic heterocycles. The third kappa shape index (κ3) is 4.80. The van der Waals surface area contributed by atoms with Crippen molar-refractivity contribution in [3.63, 3.8) is 0 Å². The highest BCUT2D eigenvalue weighted by atomic mass is 32.1. The Hall–Kier alpha value is -1.96. The number of carbonyl (C=O) groups is 2. The van der Waals surface area contributed by atoms with Crippen LogP contribution in [0.5, 0.6) is 0 Å². The van der Waals surface area contributed by atoms with E-state index in [-0.39, 0.29) is 18.4 Å². The Labute approximate surface area is 133 Å². The lowest BCUT2D eigenvalue weighted by Gasteiger charge is -2.26. The van der Waals surface area contributed by atoms with Crippen molar-refractivity contribution < 1.29 is 14.3 Å². The molecule has 0 spiro atoms. The zero-order chi connectivity index (χ0) is 15.9. The molecule has 120 valence electrons. The molecule has 1 aliphatic heterocycles. The molecule has 2 heterocycles. The predicted octanol–water partition coefficient (Wildman–Crippen LogP) is 1.72. The number of nitrogens with zero attached hydrogens (tertiary/aromatic N) is 3. The lowest BCUT2D eigenvalue weighted by Crippen LogP contribution is -2.39. The summed E-state index contributed by atoms with van der Waals surface area (Å²) in [6, 6.07) is 0. The maximum Gasteiger partial charge on any atom is 0.409 e. The molecule has 0 unspecified atom stereocenters. The largest absolute Gasteiger partial charge is 0.450 e. The molecular formula is C14H20N4O3S. The van der Waals surface area contributed by atoms with Gasteiger partial charge in [-0.05, 0) is 13.8 Å². The van der Waals surface area contributed by atoms with Gasteiger partial charge in [0.15, 0.2) is 0 Å². The molecule has 22 heavy (non-hydrogen) atoms. The summed E-state index contributed by atoms with van der Waals surface area (Å²) in [4.78, 5) is 29.2. The van der Waals surface area contributed by atoms with Gasteiger partial charge in [-0.15, -0.1) is 11.3 Å². The molecule has 1 N–H and O–H groups in total. The molecular weight excluding hydrogens is 304 g/mol. The van der Waals surface area contributed by atoms with E-state index in [0.717, 1.165) is 16.4 Å². The van der Waals surface area contributed by atoms with Crippen molar-refractivity contribution in [2.45, 2.75) is 33.1 Å². The summed E-state index contributed by atoms with van der Waals surface area (Å²) in [7, 11) is 0. The van der Waals surface area contributed by atoms with Crippen LogP contribution in [0.3, 0.4) is 0 Å². The minimum atomic E-state index is -0.288. The van der Waals surface area contributed by atoms with Gasteiger partial charge in [0, 0.05) is 37.0 Å². The molecule has 0 saturated carbocycles. The van der Waals surface area contributed by atoms with Crippen molar-refractivity contribution in [2.75, 3.05) is 19.7 Å². The molecule has 2 amide bonds. The second-order valence-corrected chi connectivity index (χ2v) is 6.00. The molecule has 1 aliphatic rings. The van der Waals surface area contributed by atoms with Gasteiger partial charge in [0.1, 0.15) is 0 Å². The fraction of sp³-hybridized carbons (Fsp3) is 0.571. The van der Waals surface area contributed by atoms with E-state index in [4.69, 9.17) is 4.74 Å². The summed E-state index contributed by atoms with van der Waals surface area (Å²) in [5.74, 6) is -0.175. The average molecular weight is 324 g/mol. The number of amides is 2. The second kappa shape index (κ2) is 7.88. The molecule has 1 saturated heterocycles. The smallest absolute Gasteiger partial charge is 0.409 e. The van der Waals surface area contributed by atoms with E-state index in [1.165, 1.54) is 11.3 Å². The summed E-state index contributed by atoms with van der Waals surface area (Å²) in [6.45, 7) is 5.21. The summed E-state index contributed by atoms with van der Waals surface area (Å²) >= 11 is 1.52. The van der Waals surface area contributed by atoms with Crippen molar-refractivity contribution in [3.8, 4) is 0 Å². The standard InChI is InChI=1S/C14H20N4O3S/c1-3-21-14(20)18-6-4-11(5-7-18)16-17-13(19)8-12-9-22-10(2)15-12/h9H,3-8H2,1-2H3,(H,17,19). The number of rotatable bonds is 4. The molecule has 0 bridgehead atoms. The molecule has 1 fully saturated rings. The highest BCUT2D eigenvalue weighted by Crippen LogP contribution is 2.10. The molecule has 0 aliphatic carbocycles. The average Bonchev–Trinajstić information content (AvgIpc) is 2.91. The van der Waals surface area contributed by atoms with Gasteiger partial charge in [0.25, 0.3) is 0 Å². The van der Waals surface area contributed by atoms with E-state index in [1.807, 2.05) is 12.3 Å². The quantitative estimate of drug-likeness (QED) is 0.855. The summed E-state index contributed by atoms with van der Waals surface area (Å²) < 4.78 is 4.95. The van der Waals surface area contributed by atoms with Crippen molar-refractivity contribution in [3.05, 3.63) is 16.1 Å².